The molecule has 0 bridgehead atoms. The van der Waals surface area contributed by atoms with Crippen molar-refractivity contribution in [2.24, 2.45) is 4.99 Å². The van der Waals surface area contributed by atoms with Crippen LogP contribution in [-0.4, -0.2) is 16.7 Å². The molecule has 0 saturated heterocycles. The lowest BCUT2D eigenvalue weighted by molar-refractivity contribution is 0.922. The molecule has 0 spiro atoms. The maximum atomic E-state index is 4.55. The molecule has 1 aromatic carbocycles. The van der Waals surface area contributed by atoms with Crippen molar-refractivity contribution in [3.05, 3.63) is 52.5 Å². The van der Waals surface area contributed by atoms with Crippen LogP contribution < -0.4 is 5.32 Å². The Morgan fingerprint density at radius 1 is 1.28 bits per heavy atom. The van der Waals surface area contributed by atoms with E-state index in [-0.39, 0.29) is 0 Å². The van der Waals surface area contributed by atoms with Crippen molar-refractivity contribution in [3.63, 3.8) is 0 Å². The lowest BCUT2D eigenvalue weighted by Gasteiger charge is -2.08. The van der Waals surface area contributed by atoms with Gasteiger partial charge >= 0.3 is 0 Å². The van der Waals surface area contributed by atoms with Crippen molar-refractivity contribution < 1.29 is 0 Å². The summed E-state index contributed by atoms with van der Waals surface area (Å²) in [5, 5.41) is 4.86. The molecule has 1 N–H and O–H groups in total. The fourth-order valence-corrected chi connectivity index (χ4v) is 3.36. The number of hydrogen-bond acceptors (Lipinski definition) is 5. The zero-order valence-electron chi connectivity index (χ0n) is 9.74. The number of nitrogens with zero attached hydrogens (tertiary/aromatic N) is 2. The molecule has 1 unspecified atom stereocenters. The van der Waals surface area contributed by atoms with Crippen molar-refractivity contribution in [3.8, 4) is 0 Å². The zero-order valence-corrected chi connectivity index (χ0v) is 11.4. The predicted molar refractivity (Wildman–Crippen MR) is 78.0 cm³/mol. The Balaban J connectivity index is 1.55. The van der Waals surface area contributed by atoms with Crippen LogP contribution in [0.5, 0.6) is 0 Å². The van der Waals surface area contributed by atoms with E-state index in [9.17, 15) is 0 Å². The van der Waals surface area contributed by atoms with E-state index >= 15 is 0 Å². The van der Waals surface area contributed by atoms with Gasteiger partial charge < -0.3 is 5.32 Å². The normalized spacial score (nSPS) is 18.7. The molecule has 1 atom stereocenters. The Bertz CT molecular complexity index is 522. The van der Waals surface area contributed by atoms with Crippen molar-refractivity contribution in [1.29, 1.82) is 0 Å². The van der Waals surface area contributed by atoms with E-state index in [4.69, 9.17) is 0 Å². The van der Waals surface area contributed by atoms with Gasteiger partial charge in [-0.2, -0.15) is 0 Å². The molecule has 5 heteroatoms. The van der Waals surface area contributed by atoms with Gasteiger partial charge in [-0.15, -0.1) is 11.3 Å². The Kier molecular flexibility index (Phi) is 3.61. The Labute approximate surface area is 114 Å². The summed E-state index contributed by atoms with van der Waals surface area (Å²) in [5.41, 5.74) is 3.20. The summed E-state index contributed by atoms with van der Waals surface area (Å²) in [5.74, 6) is 0. The van der Waals surface area contributed by atoms with E-state index in [1.165, 1.54) is 10.4 Å². The molecule has 3 rings (SSSR count). The molecule has 1 aromatic heterocycles. The fraction of sp³-hybridized carbons (Fsp3) is 0.231. The van der Waals surface area contributed by atoms with E-state index in [0.717, 1.165) is 18.3 Å². The quantitative estimate of drug-likeness (QED) is 0.935. The fourth-order valence-electron chi connectivity index (χ4n) is 1.81. The van der Waals surface area contributed by atoms with Crippen molar-refractivity contribution in [2.75, 3.05) is 6.54 Å². The van der Waals surface area contributed by atoms with Crippen LogP contribution in [0.15, 0.2) is 47.0 Å². The van der Waals surface area contributed by atoms with Crippen LogP contribution in [0, 0.1) is 0 Å². The maximum absolute atomic E-state index is 4.55. The number of nitrogens with one attached hydrogen (secondary N) is 1. The standard InChI is InChI=1S/C13H13N3S2/c1-2-4-10(5-3-1)12-8-16-13(18-12)15-7-11-6-14-9-17-11/h1-6,9,12H,7-8H2,(H,15,16). The van der Waals surface area contributed by atoms with Crippen LogP contribution in [0.2, 0.25) is 0 Å². The average Bonchev–Trinajstić information content (AvgIpc) is 3.09. The molecular formula is C13H13N3S2. The van der Waals surface area contributed by atoms with E-state index < -0.39 is 0 Å². The van der Waals surface area contributed by atoms with Crippen LogP contribution >= 0.6 is 23.1 Å². The zero-order chi connectivity index (χ0) is 12.2. The summed E-state index contributed by atoms with van der Waals surface area (Å²) in [6.45, 7) is 1.68. The summed E-state index contributed by atoms with van der Waals surface area (Å²) in [6, 6.07) is 10.5. The number of amidine groups is 1. The second kappa shape index (κ2) is 5.54. The molecular weight excluding hydrogens is 262 g/mol. The molecule has 0 aliphatic carbocycles. The minimum atomic E-state index is 0.454. The molecule has 2 heterocycles. The third-order valence-corrected chi connectivity index (χ3v) is 4.71. The molecule has 0 radical (unpaired) electrons. The predicted octanol–water partition coefficient (Wildman–Crippen LogP) is 3.08. The molecule has 0 saturated carbocycles. The summed E-state index contributed by atoms with van der Waals surface area (Å²) in [7, 11) is 0. The van der Waals surface area contributed by atoms with Gasteiger partial charge in [-0.1, -0.05) is 42.1 Å². The SMILES string of the molecule is c1ccc(C2CN=C(NCc3cncs3)S2)cc1. The van der Waals surface area contributed by atoms with Gasteiger partial charge in [-0.3, -0.25) is 9.98 Å². The van der Waals surface area contributed by atoms with Gasteiger partial charge in [-0.25, -0.2) is 0 Å². The highest BCUT2D eigenvalue weighted by Crippen LogP contribution is 2.34. The number of aliphatic imine (C=N–C) groups is 1. The second-order valence-electron chi connectivity index (χ2n) is 3.98. The number of hydrogen-bond donors (Lipinski definition) is 1. The van der Waals surface area contributed by atoms with Crippen LogP contribution in [0.4, 0.5) is 0 Å². The largest absolute Gasteiger partial charge is 0.360 e. The highest BCUT2D eigenvalue weighted by atomic mass is 32.2. The highest BCUT2D eigenvalue weighted by molar-refractivity contribution is 8.14. The monoisotopic (exact) mass is 275 g/mol. The Morgan fingerprint density at radius 3 is 2.94 bits per heavy atom. The minimum Gasteiger partial charge on any atom is -0.360 e. The lowest BCUT2D eigenvalue weighted by atomic mass is 10.1. The van der Waals surface area contributed by atoms with E-state index in [1.54, 1.807) is 11.3 Å². The van der Waals surface area contributed by atoms with Crippen LogP contribution in [0.25, 0.3) is 0 Å². The molecule has 1 aliphatic rings. The molecule has 18 heavy (non-hydrogen) atoms. The van der Waals surface area contributed by atoms with Crippen molar-refractivity contribution in [1.82, 2.24) is 10.3 Å². The summed E-state index contributed by atoms with van der Waals surface area (Å²) in [4.78, 5) is 9.84. The van der Waals surface area contributed by atoms with Gasteiger partial charge in [0.1, 0.15) is 0 Å². The van der Waals surface area contributed by atoms with Crippen LogP contribution in [0.3, 0.4) is 0 Å². The van der Waals surface area contributed by atoms with Gasteiger partial charge in [0.25, 0.3) is 0 Å². The first-order valence-electron chi connectivity index (χ1n) is 5.79. The highest BCUT2D eigenvalue weighted by Gasteiger charge is 2.20. The molecule has 0 fully saturated rings. The van der Waals surface area contributed by atoms with E-state index in [0.29, 0.717) is 5.25 Å². The first-order chi connectivity index (χ1) is 8.92. The smallest absolute Gasteiger partial charge is 0.157 e. The number of thiazole rings is 1. The van der Waals surface area contributed by atoms with Crippen molar-refractivity contribution in [2.45, 2.75) is 11.8 Å². The van der Waals surface area contributed by atoms with Gasteiger partial charge in [0.15, 0.2) is 5.17 Å². The van der Waals surface area contributed by atoms with Gasteiger partial charge in [0.05, 0.1) is 23.8 Å². The van der Waals surface area contributed by atoms with Gasteiger partial charge in [0, 0.05) is 11.1 Å². The molecule has 0 amide bonds. The van der Waals surface area contributed by atoms with E-state index in [2.05, 4.69) is 39.6 Å². The topological polar surface area (TPSA) is 37.3 Å². The molecule has 3 nitrogen and oxygen atoms in total. The third kappa shape index (κ3) is 2.73. The number of aromatic nitrogens is 1. The van der Waals surface area contributed by atoms with Crippen LogP contribution in [-0.2, 0) is 6.54 Å². The lowest BCUT2D eigenvalue weighted by Crippen LogP contribution is -2.17. The van der Waals surface area contributed by atoms with Gasteiger partial charge in [-0.05, 0) is 5.56 Å². The Morgan fingerprint density at radius 2 is 2.17 bits per heavy atom. The number of rotatable bonds is 3. The minimum absolute atomic E-state index is 0.454. The number of thioether (sulfide) groups is 1. The second-order valence-corrected chi connectivity index (χ2v) is 6.15. The first kappa shape index (κ1) is 11.7. The molecule has 2 aromatic rings. The number of benzene rings is 1. The Hall–Kier alpha value is -1.33. The summed E-state index contributed by atoms with van der Waals surface area (Å²) in [6.07, 6.45) is 1.90. The summed E-state index contributed by atoms with van der Waals surface area (Å²) >= 11 is 3.47. The first-order valence-corrected chi connectivity index (χ1v) is 7.55. The maximum Gasteiger partial charge on any atom is 0.157 e. The van der Waals surface area contributed by atoms with Gasteiger partial charge in [0.2, 0.25) is 0 Å². The van der Waals surface area contributed by atoms with E-state index in [1.807, 2.05) is 29.5 Å². The third-order valence-electron chi connectivity index (χ3n) is 2.72. The van der Waals surface area contributed by atoms with Crippen molar-refractivity contribution >= 4 is 28.3 Å². The van der Waals surface area contributed by atoms with Crippen LogP contribution in [0.1, 0.15) is 15.7 Å². The molecule has 92 valence electrons. The molecule has 1 aliphatic heterocycles. The average molecular weight is 275 g/mol. The summed E-state index contributed by atoms with van der Waals surface area (Å²) < 4.78 is 0.